The Hall–Kier alpha value is -12.6. The maximum atomic E-state index is 14.2. The van der Waals surface area contributed by atoms with Crippen molar-refractivity contribution in [1.82, 2.24) is 0 Å². The molecular formula is C68H42N4O16. The van der Waals surface area contributed by atoms with Crippen molar-refractivity contribution in [2.24, 2.45) is 0 Å². The zero-order valence-corrected chi connectivity index (χ0v) is 45.7. The molecule has 0 spiro atoms. The molecule has 0 radical (unpaired) electrons. The van der Waals surface area contributed by atoms with Crippen LogP contribution in [0.4, 0.5) is 22.7 Å². The SMILES string of the molecule is O=C(c1cccc(OCc2ccc(-c3ccc(COc4cccc(C(=O)c5cc(C(=O)c6cccc([N+](=O)[O-])c6)cc(C(=O)c6cccc([N+](=O)[O-])c6)c5)c4)cc3)cc2)c1)c1cc(C(=O)c2cccc([N+](=O)[O-])c2)cc(C(=O)c2cccc([N+](=O)[O-])c2)c1. The van der Waals surface area contributed by atoms with Crippen LogP contribution >= 0.6 is 0 Å². The molecule has 0 heterocycles. The summed E-state index contributed by atoms with van der Waals surface area (Å²) in [7, 11) is 0. The standard InChI is InChI=1S/C68H42N4O16/c73-63(45-7-1-13-57(33-45)69(79)80)51-27-52(64(74)46-8-2-14-58(34-46)70(81)82)30-55(29-51)67(77)49-11-5-17-61(37-49)87-39-41-19-23-43(24-20-41)44-25-21-42(22-26-44)40-88-62-18-6-12-50(38-62)68(78)56-31-53(65(75)47-9-3-15-59(35-47)71(83)84)28-54(32-56)66(76)48-10-4-16-60(36-48)72(85)86/h1-38H,39-40H2. The summed E-state index contributed by atoms with van der Waals surface area (Å²) in [4.78, 5) is 127. The normalized spacial score (nSPS) is 10.8. The third-order valence-corrected chi connectivity index (χ3v) is 14.0. The second kappa shape index (κ2) is 25.5. The van der Waals surface area contributed by atoms with E-state index in [2.05, 4.69) is 0 Å². The molecule has 10 aromatic carbocycles. The number of ketones is 6. The highest BCUT2D eigenvalue weighted by Crippen LogP contribution is 2.29. The van der Waals surface area contributed by atoms with Gasteiger partial charge in [-0.25, -0.2) is 0 Å². The maximum Gasteiger partial charge on any atom is 0.270 e. The van der Waals surface area contributed by atoms with Crippen LogP contribution < -0.4 is 9.47 Å². The zero-order chi connectivity index (χ0) is 62.2. The lowest BCUT2D eigenvalue weighted by Crippen LogP contribution is -2.11. The van der Waals surface area contributed by atoms with E-state index in [0.717, 1.165) is 46.5 Å². The molecule has 0 aliphatic heterocycles. The molecular weight excluding hydrogens is 1130 g/mol. The molecule has 88 heavy (non-hydrogen) atoms. The van der Waals surface area contributed by atoms with Crippen LogP contribution in [0, 0.1) is 40.5 Å². The number of nitrogens with zero attached hydrogens (tertiary/aromatic N) is 4. The number of hydrogen-bond donors (Lipinski definition) is 0. The van der Waals surface area contributed by atoms with Crippen LogP contribution in [-0.2, 0) is 13.2 Å². The lowest BCUT2D eigenvalue weighted by molar-refractivity contribution is -0.385. The molecule has 0 saturated heterocycles. The van der Waals surface area contributed by atoms with Gasteiger partial charge in [-0.1, -0.05) is 121 Å². The second-order valence-electron chi connectivity index (χ2n) is 19.8. The van der Waals surface area contributed by atoms with Gasteiger partial charge in [-0.2, -0.15) is 0 Å². The molecule has 10 aromatic rings. The number of carbonyl (C=O) groups excluding carboxylic acids is 6. The molecule has 20 heteroatoms. The summed E-state index contributed by atoms with van der Waals surface area (Å²) in [6.45, 7) is 0.211. The van der Waals surface area contributed by atoms with Gasteiger partial charge in [0, 0.05) is 115 Å². The van der Waals surface area contributed by atoms with Gasteiger partial charge in [-0.3, -0.25) is 69.2 Å². The number of hydrogen-bond acceptors (Lipinski definition) is 16. The highest BCUT2D eigenvalue weighted by Gasteiger charge is 2.25. The predicted molar refractivity (Wildman–Crippen MR) is 319 cm³/mol. The number of ether oxygens (including phenoxy) is 2. The summed E-state index contributed by atoms with van der Waals surface area (Å²) in [6, 6.07) is 55.2. The first-order valence-electron chi connectivity index (χ1n) is 26.6. The summed E-state index contributed by atoms with van der Waals surface area (Å²) in [5.41, 5.74) is 1.30. The minimum absolute atomic E-state index is 0.0713. The molecule has 0 amide bonds. The van der Waals surface area contributed by atoms with Gasteiger partial charge in [0.2, 0.25) is 0 Å². The highest BCUT2D eigenvalue weighted by atomic mass is 16.6. The van der Waals surface area contributed by atoms with Gasteiger partial charge in [0.15, 0.2) is 34.7 Å². The lowest BCUT2D eigenvalue weighted by Gasteiger charge is -2.12. The molecule has 0 fully saturated rings. The highest BCUT2D eigenvalue weighted by molar-refractivity contribution is 6.19. The van der Waals surface area contributed by atoms with E-state index in [1.807, 2.05) is 48.5 Å². The Morgan fingerprint density at radius 1 is 0.261 bits per heavy atom. The van der Waals surface area contributed by atoms with Crippen LogP contribution in [0.25, 0.3) is 11.1 Å². The van der Waals surface area contributed by atoms with Gasteiger partial charge in [-0.15, -0.1) is 0 Å². The van der Waals surface area contributed by atoms with E-state index in [9.17, 15) is 69.2 Å². The second-order valence-corrected chi connectivity index (χ2v) is 19.8. The Bertz CT molecular complexity index is 4080. The van der Waals surface area contributed by atoms with Gasteiger partial charge in [0.05, 0.1) is 19.7 Å². The number of carbonyl (C=O) groups is 6. The molecule has 0 aliphatic rings. The van der Waals surface area contributed by atoms with E-state index in [1.54, 1.807) is 24.3 Å². The molecule has 0 aliphatic carbocycles. The molecule has 10 rings (SSSR count). The summed E-state index contributed by atoms with van der Waals surface area (Å²) < 4.78 is 12.2. The molecule has 0 saturated carbocycles. The van der Waals surface area contributed by atoms with Gasteiger partial charge >= 0.3 is 0 Å². The fourth-order valence-corrected chi connectivity index (χ4v) is 9.46. The minimum Gasteiger partial charge on any atom is -0.489 e. The minimum atomic E-state index is -0.712. The van der Waals surface area contributed by atoms with E-state index >= 15 is 0 Å². The fraction of sp³-hybridized carbons (Fsp3) is 0.0294. The Morgan fingerprint density at radius 3 is 0.705 bits per heavy atom. The summed E-state index contributed by atoms with van der Waals surface area (Å²) in [5, 5.41) is 46.1. The molecule has 0 aromatic heterocycles. The van der Waals surface area contributed by atoms with Gasteiger partial charge < -0.3 is 9.47 Å². The quantitative estimate of drug-likeness (QED) is 0.0326. The lowest BCUT2D eigenvalue weighted by atomic mass is 9.92. The van der Waals surface area contributed by atoms with E-state index in [0.29, 0.717) is 11.5 Å². The van der Waals surface area contributed by atoms with Crippen LogP contribution in [0.15, 0.2) is 231 Å². The molecule has 430 valence electrons. The first kappa shape index (κ1) is 58.6. The van der Waals surface area contributed by atoms with E-state index < -0.39 is 54.4 Å². The van der Waals surface area contributed by atoms with Crippen molar-refractivity contribution in [3.05, 3.63) is 349 Å². The van der Waals surface area contributed by atoms with Crippen molar-refractivity contribution >= 4 is 57.4 Å². The third-order valence-electron chi connectivity index (χ3n) is 14.0. The number of nitro groups is 4. The van der Waals surface area contributed by atoms with E-state index in [1.165, 1.54) is 133 Å². The number of nitro benzene ring substituents is 4. The fourth-order valence-electron chi connectivity index (χ4n) is 9.46. The van der Waals surface area contributed by atoms with Crippen molar-refractivity contribution in [2.75, 3.05) is 0 Å². The van der Waals surface area contributed by atoms with Gasteiger partial charge in [0.25, 0.3) is 22.7 Å². The molecule has 0 bridgehead atoms. The van der Waals surface area contributed by atoms with E-state index in [4.69, 9.17) is 9.47 Å². The average Bonchev–Trinajstić information content (AvgIpc) is 1.75. The first-order valence-corrected chi connectivity index (χ1v) is 26.6. The van der Waals surface area contributed by atoms with Gasteiger partial charge in [-0.05, 0) is 82.9 Å². The Kier molecular flexibility index (Phi) is 17.0. The Balaban J connectivity index is 0.799. The largest absolute Gasteiger partial charge is 0.489 e. The van der Waals surface area contributed by atoms with Crippen molar-refractivity contribution in [3.63, 3.8) is 0 Å². The Morgan fingerprint density at radius 2 is 0.477 bits per heavy atom. The number of non-ortho nitro benzene ring substituents is 4. The monoisotopic (exact) mass is 1170 g/mol. The topological polar surface area (TPSA) is 293 Å². The average molecular weight is 1170 g/mol. The molecule has 0 atom stereocenters. The van der Waals surface area contributed by atoms with Crippen molar-refractivity contribution in [1.29, 1.82) is 0 Å². The number of benzene rings is 10. The predicted octanol–water partition coefficient (Wildman–Crippen LogP) is 13.5. The third kappa shape index (κ3) is 13.4. The summed E-state index contributed by atoms with van der Waals surface area (Å²) in [6.07, 6.45) is 0. The van der Waals surface area contributed by atoms with Crippen molar-refractivity contribution in [2.45, 2.75) is 13.2 Å². The van der Waals surface area contributed by atoms with Crippen LogP contribution in [-0.4, -0.2) is 54.4 Å². The van der Waals surface area contributed by atoms with Crippen LogP contribution in [0.1, 0.15) is 107 Å². The molecule has 20 nitrogen and oxygen atoms in total. The van der Waals surface area contributed by atoms with Crippen molar-refractivity contribution in [3.8, 4) is 22.6 Å². The molecule has 0 unspecified atom stereocenters. The van der Waals surface area contributed by atoms with Crippen LogP contribution in [0.2, 0.25) is 0 Å². The van der Waals surface area contributed by atoms with Gasteiger partial charge in [0.1, 0.15) is 24.7 Å². The number of rotatable bonds is 23. The van der Waals surface area contributed by atoms with Crippen molar-refractivity contribution < 1.29 is 57.9 Å². The van der Waals surface area contributed by atoms with E-state index in [-0.39, 0.29) is 103 Å². The molecule has 0 N–H and O–H groups in total. The van der Waals surface area contributed by atoms with Crippen LogP contribution in [0.3, 0.4) is 0 Å². The first-order chi connectivity index (χ1) is 42.3. The smallest absolute Gasteiger partial charge is 0.270 e. The summed E-state index contributed by atoms with van der Waals surface area (Å²) in [5.74, 6) is -3.38. The maximum absolute atomic E-state index is 14.2. The Labute approximate surface area is 498 Å². The zero-order valence-electron chi connectivity index (χ0n) is 45.7. The van der Waals surface area contributed by atoms with Crippen LogP contribution in [0.5, 0.6) is 11.5 Å². The summed E-state index contributed by atoms with van der Waals surface area (Å²) >= 11 is 0.